The number of imide groups is 2. The fourth-order valence-electron chi connectivity index (χ4n) is 3.20. The number of urea groups is 1. The molecule has 1 unspecified atom stereocenters. The summed E-state index contributed by atoms with van der Waals surface area (Å²) < 4.78 is 0. The number of rotatable bonds is 7. The van der Waals surface area contributed by atoms with Crippen molar-refractivity contribution in [3.63, 3.8) is 0 Å². The minimum Gasteiger partial charge on any atom is -0.292 e. The minimum atomic E-state index is -1.05. The van der Waals surface area contributed by atoms with Crippen LogP contribution < -0.4 is 5.32 Å². The molecule has 4 amide bonds. The molecule has 28 heavy (non-hydrogen) atoms. The highest BCUT2D eigenvalue weighted by Crippen LogP contribution is 2.17. The van der Waals surface area contributed by atoms with Crippen LogP contribution in [-0.2, 0) is 22.6 Å². The lowest BCUT2D eigenvalue weighted by atomic mass is 9.96. The van der Waals surface area contributed by atoms with Gasteiger partial charge in [0.05, 0.1) is 6.54 Å². The second-order valence-electron chi connectivity index (χ2n) is 6.60. The van der Waals surface area contributed by atoms with Gasteiger partial charge in [0.2, 0.25) is 11.8 Å². The van der Waals surface area contributed by atoms with Crippen molar-refractivity contribution in [1.82, 2.24) is 10.2 Å². The van der Waals surface area contributed by atoms with Crippen LogP contribution in [-0.4, -0.2) is 35.0 Å². The fraction of sp³-hybridized carbons (Fsp3) is 0.273. The summed E-state index contributed by atoms with van der Waals surface area (Å²) >= 11 is 0. The van der Waals surface area contributed by atoms with E-state index in [-0.39, 0.29) is 6.54 Å². The van der Waals surface area contributed by atoms with E-state index in [2.05, 4.69) is 10.3 Å². The number of benzene rings is 2. The maximum absolute atomic E-state index is 12.9. The van der Waals surface area contributed by atoms with E-state index in [4.69, 9.17) is 0 Å². The van der Waals surface area contributed by atoms with Crippen molar-refractivity contribution in [2.75, 3.05) is 6.54 Å². The zero-order valence-corrected chi connectivity index (χ0v) is 15.8. The molecule has 2 aromatic rings. The standard InChI is InChI=1S/C22H23N3O3/c1-2-18(23-14-13-16-9-5-3-6-10-16)19-20(26)24-22(28)25(21(19)27)15-17-11-7-4-8-12-17/h3-12,19H,2,13-15H2,1H3,(H,24,26,28). The summed E-state index contributed by atoms with van der Waals surface area (Å²) in [4.78, 5) is 43.2. The SMILES string of the molecule is CCC(=NCCc1ccccc1)C1C(=O)NC(=O)N(Cc2ccccc2)C1=O. The molecule has 0 spiro atoms. The van der Waals surface area contributed by atoms with Crippen molar-refractivity contribution in [2.45, 2.75) is 26.3 Å². The number of aliphatic imine (C=N–C) groups is 1. The summed E-state index contributed by atoms with van der Waals surface area (Å²) in [5.41, 5.74) is 2.46. The first kappa shape index (κ1) is 19.5. The Morgan fingerprint density at radius 3 is 2.18 bits per heavy atom. The lowest BCUT2D eigenvalue weighted by Crippen LogP contribution is -2.59. The van der Waals surface area contributed by atoms with E-state index in [1.165, 1.54) is 0 Å². The van der Waals surface area contributed by atoms with Crippen molar-refractivity contribution in [3.05, 3.63) is 71.8 Å². The van der Waals surface area contributed by atoms with Gasteiger partial charge in [-0.1, -0.05) is 67.6 Å². The fourth-order valence-corrected chi connectivity index (χ4v) is 3.20. The molecule has 1 N–H and O–H groups in total. The highest BCUT2D eigenvalue weighted by Gasteiger charge is 2.42. The number of nitrogens with zero attached hydrogens (tertiary/aromatic N) is 2. The Bertz CT molecular complexity index is 878. The van der Waals surface area contributed by atoms with Crippen LogP contribution in [0, 0.1) is 5.92 Å². The number of hydrogen-bond acceptors (Lipinski definition) is 4. The predicted octanol–water partition coefficient (Wildman–Crippen LogP) is 2.97. The Morgan fingerprint density at radius 1 is 0.964 bits per heavy atom. The molecule has 2 aromatic carbocycles. The molecule has 1 aliphatic rings. The van der Waals surface area contributed by atoms with E-state index in [1.807, 2.05) is 67.6 Å². The molecule has 144 valence electrons. The molecule has 0 aromatic heterocycles. The van der Waals surface area contributed by atoms with Crippen LogP contribution in [0.5, 0.6) is 0 Å². The van der Waals surface area contributed by atoms with Gasteiger partial charge in [-0.05, 0) is 24.0 Å². The van der Waals surface area contributed by atoms with Crippen LogP contribution >= 0.6 is 0 Å². The third kappa shape index (κ3) is 4.52. The first-order chi connectivity index (χ1) is 13.6. The Labute approximate surface area is 164 Å². The molecule has 6 heteroatoms. The normalized spacial score (nSPS) is 17.6. The number of carbonyl (C=O) groups is 3. The predicted molar refractivity (Wildman–Crippen MR) is 107 cm³/mol. The molecule has 6 nitrogen and oxygen atoms in total. The monoisotopic (exact) mass is 377 g/mol. The van der Waals surface area contributed by atoms with E-state index in [9.17, 15) is 14.4 Å². The molecule has 0 bridgehead atoms. The van der Waals surface area contributed by atoms with Crippen LogP contribution in [0.25, 0.3) is 0 Å². The lowest BCUT2D eigenvalue weighted by molar-refractivity contribution is -0.139. The molecule has 0 aliphatic carbocycles. The average Bonchev–Trinajstić information content (AvgIpc) is 2.71. The Balaban J connectivity index is 1.75. The van der Waals surface area contributed by atoms with Crippen LogP contribution in [0.3, 0.4) is 0 Å². The Kier molecular flexibility index (Phi) is 6.32. The van der Waals surface area contributed by atoms with Gasteiger partial charge in [-0.15, -0.1) is 0 Å². The van der Waals surface area contributed by atoms with Crippen LogP contribution in [0.4, 0.5) is 4.79 Å². The van der Waals surface area contributed by atoms with Gasteiger partial charge in [0.1, 0.15) is 0 Å². The first-order valence-electron chi connectivity index (χ1n) is 9.37. The quantitative estimate of drug-likeness (QED) is 0.595. The second kappa shape index (κ2) is 9.08. The molecule has 1 atom stereocenters. The van der Waals surface area contributed by atoms with Crippen molar-refractivity contribution in [1.29, 1.82) is 0 Å². The van der Waals surface area contributed by atoms with Gasteiger partial charge >= 0.3 is 6.03 Å². The third-order valence-electron chi connectivity index (χ3n) is 4.69. The molecule has 1 fully saturated rings. The third-order valence-corrected chi connectivity index (χ3v) is 4.69. The van der Waals surface area contributed by atoms with Crippen molar-refractivity contribution in [3.8, 4) is 0 Å². The zero-order chi connectivity index (χ0) is 19.9. The summed E-state index contributed by atoms with van der Waals surface area (Å²) in [6.07, 6.45) is 1.19. The van der Waals surface area contributed by atoms with Crippen LogP contribution in [0.1, 0.15) is 24.5 Å². The summed E-state index contributed by atoms with van der Waals surface area (Å²) in [6, 6.07) is 18.4. The summed E-state index contributed by atoms with van der Waals surface area (Å²) in [5.74, 6) is -2.17. The second-order valence-corrected chi connectivity index (χ2v) is 6.60. The smallest absolute Gasteiger partial charge is 0.292 e. The van der Waals surface area contributed by atoms with Gasteiger partial charge in [-0.25, -0.2) is 4.79 Å². The van der Waals surface area contributed by atoms with E-state index >= 15 is 0 Å². The van der Waals surface area contributed by atoms with Gasteiger partial charge in [0.15, 0.2) is 5.92 Å². The van der Waals surface area contributed by atoms with Gasteiger partial charge in [0, 0.05) is 12.3 Å². The number of nitrogens with one attached hydrogen (secondary N) is 1. The first-order valence-corrected chi connectivity index (χ1v) is 9.37. The molecule has 1 aliphatic heterocycles. The zero-order valence-electron chi connectivity index (χ0n) is 15.8. The van der Waals surface area contributed by atoms with Crippen LogP contribution in [0.2, 0.25) is 0 Å². The number of amides is 4. The molecular weight excluding hydrogens is 354 g/mol. The number of hydrogen-bond donors (Lipinski definition) is 1. The molecular formula is C22H23N3O3. The highest BCUT2D eigenvalue weighted by molar-refractivity contribution is 6.27. The molecule has 1 heterocycles. The summed E-state index contributed by atoms with van der Waals surface area (Å²) in [6.45, 7) is 2.47. The topological polar surface area (TPSA) is 78.8 Å². The largest absolute Gasteiger partial charge is 0.331 e. The average molecular weight is 377 g/mol. The van der Waals surface area contributed by atoms with E-state index in [1.54, 1.807) is 0 Å². The van der Waals surface area contributed by atoms with Gasteiger partial charge < -0.3 is 0 Å². The van der Waals surface area contributed by atoms with Crippen molar-refractivity contribution < 1.29 is 14.4 Å². The molecule has 3 rings (SSSR count). The van der Waals surface area contributed by atoms with E-state index in [0.29, 0.717) is 18.7 Å². The number of carbonyl (C=O) groups excluding carboxylic acids is 3. The molecule has 1 saturated heterocycles. The van der Waals surface area contributed by atoms with Gasteiger partial charge in [-0.3, -0.25) is 24.8 Å². The summed E-state index contributed by atoms with van der Waals surface area (Å²) in [7, 11) is 0. The van der Waals surface area contributed by atoms with Gasteiger partial charge in [0.25, 0.3) is 0 Å². The lowest BCUT2D eigenvalue weighted by Gasteiger charge is -2.30. The van der Waals surface area contributed by atoms with Crippen molar-refractivity contribution in [2.24, 2.45) is 10.9 Å². The Hall–Kier alpha value is -3.28. The van der Waals surface area contributed by atoms with Crippen LogP contribution in [0.15, 0.2) is 65.7 Å². The minimum absolute atomic E-state index is 0.121. The van der Waals surface area contributed by atoms with Crippen molar-refractivity contribution >= 4 is 23.6 Å². The molecule has 0 saturated carbocycles. The van der Waals surface area contributed by atoms with E-state index in [0.717, 1.165) is 22.4 Å². The van der Waals surface area contributed by atoms with E-state index < -0.39 is 23.8 Å². The van der Waals surface area contributed by atoms with Gasteiger partial charge in [-0.2, -0.15) is 0 Å². The summed E-state index contributed by atoms with van der Waals surface area (Å²) in [5, 5.41) is 2.30. The molecule has 0 radical (unpaired) electrons. The maximum Gasteiger partial charge on any atom is 0.331 e. The Morgan fingerprint density at radius 2 is 1.57 bits per heavy atom. The highest BCUT2D eigenvalue weighted by atomic mass is 16.2. The number of barbiturate groups is 1. The maximum atomic E-state index is 12.9.